The lowest BCUT2D eigenvalue weighted by molar-refractivity contribution is -0.121. The van der Waals surface area contributed by atoms with E-state index >= 15 is 0 Å². The smallest absolute Gasteiger partial charge is 0.222 e. The van der Waals surface area contributed by atoms with Gasteiger partial charge in [0.15, 0.2) is 5.96 Å². The van der Waals surface area contributed by atoms with Crippen molar-refractivity contribution in [1.29, 1.82) is 0 Å². The van der Waals surface area contributed by atoms with Crippen LogP contribution in [0.4, 0.5) is 0 Å². The van der Waals surface area contributed by atoms with Gasteiger partial charge in [0, 0.05) is 26.1 Å². The molecule has 1 fully saturated rings. The van der Waals surface area contributed by atoms with E-state index in [0.717, 1.165) is 12.1 Å². The zero-order valence-corrected chi connectivity index (χ0v) is 12.3. The highest BCUT2D eigenvalue weighted by Gasteiger charge is 2.16. The molecule has 0 spiro atoms. The van der Waals surface area contributed by atoms with E-state index in [-0.39, 0.29) is 5.91 Å². The molecule has 1 aromatic rings. The second kappa shape index (κ2) is 8.29. The van der Waals surface area contributed by atoms with E-state index in [1.165, 1.54) is 19.3 Å². The summed E-state index contributed by atoms with van der Waals surface area (Å²) in [5.41, 5.74) is 6.86. The summed E-state index contributed by atoms with van der Waals surface area (Å²) in [7, 11) is 0. The number of rotatable bonds is 7. The van der Waals surface area contributed by atoms with E-state index in [2.05, 4.69) is 15.6 Å². The molecule has 1 amide bonds. The maximum Gasteiger partial charge on any atom is 0.222 e. The molecule has 0 heterocycles. The van der Waals surface area contributed by atoms with Crippen LogP contribution in [0.1, 0.15) is 31.2 Å². The van der Waals surface area contributed by atoms with E-state index in [1.54, 1.807) is 0 Å². The third kappa shape index (κ3) is 5.85. The SMILES string of the molecule is NC(=NCC1CCC1)NCCC(=O)NCc1ccccc1. The van der Waals surface area contributed by atoms with Crippen molar-refractivity contribution in [3.05, 3.63) is 35.9 Å². The highest BCUT2D eigenvalue weighted by molar-refractivity contribution is 5.80. The van der Waals surface area contributed by atoms with Gasteiger partial charge in [-0.2, -0.15) is 0 Å². The predicted molar refractivity (Wildman–Crippen MR) is 84.7 cm³/mol. The minimum Gasteiger partial charge on any atom is -0.370 e. The van der Waals surface area contributed by atoms with Crippen LogP contribution in [0.3, 0.4) is 0 Å². The van der Waals surface area contributed by atoms with Crippen LogP contribution in [0.2, 0.25) is 0 Å². The van der Waals surface area contributed by atoms with Gasteiger partial charge in [-0.3, -0.25) is 9.79 Å². The van der Waals surface area contributed by atoms with Crippen molar-refractivity contribution in [2.75, 3.05) is 13.1 Å². The molecule has 4 N–H and O–H groups in total. The Bertz CT molecular complexity index is 468. The highest BCUT2D eigenvalue weighted by atomic mass is 16.1. The number of carbonyl (C=O) groups excluding carboxylic acids is 1. The molecule has 114 valence electrons. The largest absolute Gasteiger partial charge is 0.370 e. The number of amides is 1. The monoisotopic (exact) mass is 288 g/mol. The Balaban J connectivity index is 1.56. The number of nitrogens with one attached hydrogen (secondary N) is 2. The van der Waals surface area contributed by atoms with Crippen molar-refractivity contribution in [1.82, 2.24) is 10.6 Å². The number of hydrogen-bond acceptors (Lipinski definition) is 2. The van der Waals surface area contributed by atoms with E-state index < -0.39 is 0 Å². The molecular formula is C16H24N4O. The fourth-order valence-electron chi connectivity index (χ4n) is 2.15. The summed E-state index contributed by atoms with van der Waals surface area (Å²) in [5, 5.41) is 5.86. The first kappa shape index (κ1) is 15.4. The molecule has 5 heteroatoms. The molecule has 0 aliphatic heterocycles. The van der Waals surface area contributed by atoms with Gasteiger partial charge >= 0.3 is 0 Å². The molecule has 21 heavy (non-hydrogen) atoms. The quantitative estimate of drug-likeness (QED) is 0.524. The van der Waals surface area contributed by atoms with E-state index in [9.17, 15) is 4.79 Å². The minimum absolute atomic E-state index is 0.0122. The molecule has 0 saturated heterocycles. The fourth-order valence-corrected chi connectivity index (χ4v) is 2.15. The molecule has 0 aromatic heterocycles. The lowest BCUT2D eigenvalue weighted by Gasteiger charge is -2.23. The summed E-state index contributed by atoms with van der Waals surface area (Å²) in [4.78, 5) is 16.0. The molecule has 5 nitrogen and oxygen atoms in total. The molecule has 2 rings (SSSR count). The van der Waals surface area contributed by atoms with Crippen LogP contribution < -0.4 is 16.4 Å². The van der Waals surface area contributed by atoms with Gasteiger partial charge in [0.1, 0.15) is 0 Å². The Morgan fingerprint density at radius 3 is 2.67 bits per heavy atom. The zero-order chi connectivity index (χ0) is 14.9. The van der Waals surface area contributed by atoms with Gasteiger partial charge in [-0.15, -0.1) is 0 Å². The van der Waals surface area contributed by atoms with Gasteiger partial charge in [-0.1, -0.05) is 36.8 Å². The van der Waals surface area contributed by atoms with Gasteiger partial charge in [-0.05, 0) is 24.3 Å². The molecule has 0 bridgehead atoms. The molecule has 0 atom stereocenters. The number of guanidine groups is 1. The minimum atomic E-state index is 0.0122. The number of aliphatic imine (C=N–C) groups is 1. The molecule has 1 aromatic carbocycles. The molecule has 0 radical (unpaired) electrons. The first-order valence-corrected chi connectivity index (χ1v) is 7.58. The number of nitrogens with two attached hydrogens (primary N) is 1. The Hall–Kier alpha value is -2.04. The summed E-state index contributed by atoms with van der Waals surface area (Å²) in [6, 6.07) is 9.86. The summed E-state index contributed by atoms with van der Waals surface area (Å²) < 4.78 is 0. The highest BCUT2D eigenvalue weighted by Crippen LogP contribution is 2.26. The Kier molecular flexibility index (Phi) is 6.06. The first-order valence-electron chi connectivity index (χ1n) is 7.58. The maximum absolute atomic E-state index is 11.7. The van der Waals surface area contributed by atoms with Gasteiger partial charge in [0.25, 0.3) is 0 Å². The maximum atomic E-state index is 11.7. The van der Waals surface area contributed by atoms with Crippen LogP contribution in [0.25, 0.3) is 0 Å². The number of hydrogen-bond donors (Lipinski definition) is 3. The van der Waals surface area contributed by atoms with Gasteiger partial charge < -0.3 is 16.4 Å². The zero-order valence-electron chi connectivity index (χ0n) is 12.3. The average molecular weight is 288 g/mol. The van der Waals surface area contributed by atoms with E-state index in [0.29, 0.717) is 31.4 Å². The Labute approximate surface area is 126 Å². The number of benzene rings is 1. The van der Waals surface area contributed by atoms with Crippen molar-refractivity contribution >= 4 is 11.9 Å². The second-order valence-electron chi connectivity index (χ2n) is 5.46. The summed E-state index contributed by atoms with van der Waals surface area (Å²) >= 11 is 0. The predicted octanol–water partition coefficient (Wildman–Crippen LogP) is 1.40. The van der Waals surface area contributed by atoms with Crippen molar-refractivity contribution in [2.45, 2.75) is 32.2 Å². The van der Waals surface area contributed by atoms with E-state index in [4.69, 9.17) is 5.73 Å². The van der Waals surface area contributed by atoms with Crippen LogP contribution in [0, 0.1) is 5.92 Å². The lowest BCUT2D eigenvalue weighted by Crippen LogP contribution is -2.35. The van der Waals surface area contributed by atoms with Crippen molar-refractivity contribution in [3.8, 4) is 0 Å². The van der Waals surface area contributed by atoms with Crippen LogP contribution in [-0.2, 0) is 11.3 Å². The van der Waals surface area contributed by atoms with Gasteiger partial charge in [0.2, 0.25) is 5.91 Å². The lowest BCUT2D eigenvalue weighted by atomic mass is 9.86. The molecular weight excluding hydrogens is 264 g/mol. The van der Waals surface area contributed by atoms with Crippen LogP contribution in [0.5, 0.6) is 0 Å². The van der Waals surface area contributed by atoms with Gasteiger partial charge in [-0.25, -0.2) is 0 Å². The van der Waals surface area contributed by atoms with Crippen molar-refractivity contribution in [2.24, 2.45) is 16.6 Å². The van der Waals surface area contributed by atoms with Crippen molar-refractivity contribution < 1.29 is 4.79 Å². The Morgan fingerprint density at radius 2 is 2.00 bits per heavy atom. The topological polar surface area (TPSA) is 79.5 Å². The number of nitrogens with zero attached hydrogens (tertiary/aromatic N) is 1. The second-order valence-corrected chi connectivity index (χ2v) is 5.46. The standard InChI is InChI=1S/C16H24N4O/c17-16(20-12-14-7-4-8-14)18-10-9-15(21)19-11-13-5-2-1-3-6-13/h1-3,5-6,14H,4,7-12H2,(H,19,21)(H3,17,18,20). The summed E-state index contributed by atoms with van der Waals surface area (Å²) in [6.45, 7) is 1.88. The third-order valence-corrected chi connectivity index (χ3v) is 3.74. The van der Waals surface area contributed by atoms with Crippen LogP contribution in [0.15, 0.2) is 35.3 Å². The summed E-state index contributed by atoms with van der Waals surface area (Å²) in [5.74, 6) is 1.16. The molecule has 1 aliphatic carbocycles. The fraction of sp³-hybridized carbons (Fsp3) is 0.500. The molecule has 1 saturated carbocycles. The summed E-state index contributed by atoms with van der Waals surface area (Å²) in [6.07, 6.45) is 4.24. The van der Waals surface area contributed by atoms with Gasteiger partial charge in [0.05, 0.1) is 0 Å². The third-order valence-electron chi connectivity index (χ3n) is 3.74. The Morgan fingerprint density at radius 1 is 1.24 bits per heavy atom. The first-order chi connectivity index (χ1) is 10.2. The van der Waals surface area contributed by atoms with Crippen LogP contribution >= 0.6 is 0 Å². The average Bonchev–Trinajstić information content (AvgIpc) is 2.44. The normalized spacial score (nSPS) is 15.3. The number of carbonyl (C=O) groups is 1. The van der Waals surface area contributed by atoms with E-state index in [1.807, 2.05) is 30.3 Å². The molecule has 1 aliphatic rings. The van der Waals surface area contributed by atoms with Crippen LogP contribution in [-0.4, -0.2) is 25.0 Å². The van der Waals surface area contributed by atoms with Crippen molar-refractivity contribution in [3.63, 3.8) is 0 Å². The molecule has 0 unspecified atom stereocenters.